The Hall–Kier alpha value is -1.02. The zero-order valence-corrected chi connectivity index (χ0v) is 9.42. The van der Waals surface area contributed by atoms with E-state index in [-0.39, 0.29) is 6.04 Å². The van der Waals surface area contributed by atoms with E-state index in [0.29, 0.717) is 0 Å². The first-order chi connectivity index (χ1) is 6.61. The van der Waals surface area contributed by atoms with Crippen molar-refractivity contribution in [3.63, 3.8) is 0 Å². The van der Waals surface area contributed by atoms with Gasteiger partial charge in [0.15, 0.2) is 0 Å². The van der Waals surface area contributed by atoms with Crippen LogP contribution in [0.3, 0.4) is 0 Å². The molecule has 0 aliphatic heterocycles. The van der Waals surface area contributed by atoms with Crippen LogP contribution < -0.4 is 10.5 Å². The molecule has 0 fully saturated rings. The van der Waals surface area contributed by atoms with E-state index in [9.17, 15) is 0 Å². The molecule has 0 aliphatic carbocycles. The lowest BCUT2D eigenvalue weighted by Crippen LogP contribution is -2.11. The summed E-state index contributed by atoms with van der Waals surface area (Å²) < 4.78 is 5.25. The maximum atomic E-state index is 6.01. The van der Waals surface area contributed by atoms with Gasteiger partial charge in [0.25, 0.3) is 0 Å². The summed E-state index contributed by atoms with van der Waals surface area (Å²) in [5.41, 5.74) is 9.68. The number of hydrogen-bond donors (Lipinski definition) is 1. The second-order valence-corrected chi connectivity index (χ2v) is 3.62. The summed E-state index contributed by atoms with van der Waals surface area (Å²) in [7, 11) is 1.70. The Labute approximate surface area is 86.1 Å². The summed E-state index contributed by atoms with van der Waals surface area (Å²) in [6.45, 7) is 6.27. The molecule has 1 aromatic carbocycles. The van der Waals surface area contributed by atoms with E-state index in [0.717, 1.165) is 12.2 Å². The highest BCUT2D eigenvalue weighted by molar-refractivity contribution is 5.44. The molecule has 0 saturated heterocycles. The molecule has 0 radical (unpaired) electrons. The van der Waals surface area contributed by atoms with Crippen molar-refractivity contribution in [3.05, 3.63) is 28.8 Å². The summed E-state index contributed by atoms with van der Waals surface area (Å²) in [5, 5.41) is 0. The van der Waals surface area contributed by atoms with Crippen molar-refractivity contribution >= 4 is 0 Å². The maximum absolute atomic E-state index is 6.01. The van der Waals surface area contributed by atoms with E-state index in [1.807, 2.05) is 6.07 Å². The van der Waals surface area contributed by atoms with Gasteiger partial charge >= 0.3 is 0 Å². The molecular formula is C12H19NO. The van der Waals surface area contributed by atoms with Gasteiger partial charge in [-0.3, -0.25) is 0 Å². The van der Waals surface area contributed by atoms with E-state index in [1.54, 1.807) is 7.11 Å². The molecule has 1 aromatic rings. The van der Waals surface area contributed by atoms with Crippen LogP contribution in [-0.2, 0) is 0 Å². The second-order valence-electron chi connectivity index (χ2n) is 3.62. The highest BCUT2D eigenvalue weighted by atomic mass is 16.5. The molecule has 1 unspecified atom stereocenters. The SMILES string of the molecule is CCC(N)c1ccc(OC)c(C)c1C. The van der Waals surface area contributed by atoms with Crippen LogP contribution in [0.4, 0.5) is 0 Å². The molecule has 0 bridgehead atoms. The predicted molar refractivity (Wildman–Crippen MR) is 59.7 cm³/mol. The van der Waals surface area contributed by atoms with Crippen LogP contribution in [0.2, 0.25) is 0 Å². The highest BCUT2D eigenvalue weighted by Gasteiger charge is 2.10. The van der Waals surface area contributed by atoms with Crippen molar-refractivity contribution in [2.75, 3.05) is 7.11 Å². The fourth-order valence-electron chi connectivity index (χ4n) is 1.66. The van der Waals surface area contributed by atoms with Gasteiger partial charge < -0.3 is 10.5 Å². The minimum atomic E-state index is 0.139. The van der Waals surface area contributed by atoms with Crippen LogP contribution in [0.15, 0.2) is 12.1 Å². The van der Waals surface area contributed by atoms with Crippen LogP contribution in [0, 0.1) is 13.8 Å². The van der Waals surface area contributed by atoms with E-state index < -0.39 is 0 Å². The maximum Gasteiger partial charge on any atom is 0.122 e. The Bertz CT molecular complexity index is 320. The monoisotopic (exact) mass is 193 g/mol. The molecule has 1 atom stereocenters. The van der Waals surface area contributed by atoms with Crippen molar-refractivity contribution in [3.8, 4) is 5.75 Å². The Morgan fingerprint density at radius 2 is 1.93 bits per heavy atom. The Morgan fingerprint density at radius 1 is 1.29 bits per heavy atom. The molecule has 0 heterocycles. The fourth-order valence-corrected chi connectivity index (χ4v) is 1.66. The van der Waals surface area contributed by atoms with Crippen LogP contribution >= 0.6 is 0 Å². The molecule has 0 amide bonds. The van der Waals surface area contributed by atoms with Gasteiger partial charge in [-0.1, -0.05) is 13.0 Å². The second kappa shape index (κ2) is 4.47. The Morgan fingerprint density at radius 3 is 2.43 bits per heavy atom. The molecular weight excluding hydrogens is 174 g/mol. The molecule has 0 saturated carbocycles. The van der Waals surface area contributed by atoms with Crippen LogP contribution in [0.25, 0.3) is 0 Å². The third-order valence-electron chi connectivity index (χ3n) is 2.84. The molecule has 2 N–H and O–H groups in total. The van der Waals surface area contributed by atoms with Gasteiger partial charge in [0, 0.05) is 6.04 Å². The van der Waals surface area contributed by atoms with Gasteiger partial charge in [0.05, 0.1) is 7.11 Å². The standard InChI is InChI=1S/C12H19NO/c1-5-11(13)10-6-7-12(14-4)9(3)8(10)2/h6-7,11H,5,13H2,1-4H3. The van der Waals surface area contributed by atoms with Gasteiger partial charge in [-0.05, 0) is 43.0 Å². The zero-order valence-electron chi connectivity index (χ0n) is 9.42. The molecule has 0 aromatic heterocycles. The summed E-state index contributed by atoms with van der Waals surface area (Å²) in [6, 6.07) is 4.20. The fraction of sp³-hybridized carbons (Fsp3) is 0.500. The lowest BCUT2D eigenvalue weighted by atomic mass is 9.96. The molecule has 78 valence electrons. The van der Waals surface area contributed by atoms with E-state index >= 15 is 0 Å². The van der Waals surface area contributed by atoms with E-state index in [2.05, 4.69) is 26.8 Å². The van der Waals surface area contributed by atoms with Crippen molar-refractivity contribution in [1.82, 2.24) is 0 Å². The van der Waals surface area contributed by atoms with Crippen molar-refractivity contribution in [2.24, 2.45) is 5.73 Å². The number of hydrogen-bond acceptors (Lipinski definition) is 2. The molecule has 2 heteroatoms. The number of nitrogens with two attached hydrogens (primary N) is 1. The molecule has 2 nitrogen and oxygen atoms in total. The van der Waals surface area contributed by atoms with Crippen LogP contribution in [0.1, 0.15) is 36.1 Å². The topological polar surface area (TPSA) is 35.2 Å². The normalized spacial score (nSPS) is 12.6. The molecule has 0 spiro atoms. The first-order valence-corrected chi connectivity index (χ1v) is 5.01. The molecule has 0 aliphatic rings. The quantitative estimate of drug-likeness (QED) is 0.801. The number of rotatable bonds is 3. The Balaban J connectivity index is 3.17. The van der Waals surface area contributed by atoms with Crippen molar-refractivity contribution in [1.29, 1.82) is 0 Å². The predicted octanol–water partition coefficient (Wildman–Crippen LogP) is 2.72. The zero-order chi connectivity index (χ0) is 10.7. The average Bonchev–Trinajstić information content (AvgIpc) is 2.21. The summed E-state index contributed by atoms with van der Waals surface area (Å²) in [5.74, 6) is 0.939. The third kappa shape index (κ3) is 1.90. The van der Waals surface area contributed by atoms with Gasteiger partial charge in [0.1, 0.15) is 5.75 Å². The minimum absolute atomic E-state index is 0.139. The lowest BCUT2D eigenvalue weighted by molar-refractivity contribution is 0.411. The van der Waals surface area contributed by atoms with Gasteiger partial charge in [-0.15, -0.1) is 0 Å². The number of methoxy groups -OCH3 is 1. The summed E-state index contributed by atoms with van der Waals surface area (Å²) in [4.78, 5) is 0. The highest BCUT2D eigenvalue weighted by Crippen LogP contribution is 2.27. The largest absolute Gasteiger partial charge is 0.496 e. The number of benzene rings is 1. The van der Waals surface area contributed by atoms with Gasteiger partial charge in [0.2, 0.25) is 0 Å². The summed E-state index contributed by atoms with van der Waals surface area (Å²) in [6.07, 6.45) is 0.965. The average molecular weight is 193 g/mol. The van der Waals surface area contributed by atoms with Gasteiger partial charge in [-0.2, -0.15) is 0 Å². The van der Waals surface area contributed by atoms with E-state index in [4.69, 9.17) is 10.5 Å². The van der Waals surface area contributed by atoms with Gasteiger partial charge in [-0.25, -0.2) is 0 Å². The summed E-state index contributed by atoms with van der Waals surface area (Å²) >= 11 is 0. The first kappa shape index (κ1) is 11.1. The Kier molecular flexibility index (Phi) is 3.53. The number of ether oxygens (including phenoxy) is 1. The van der Waals surface area contributed by atoms with Crippen molar-refractivity contribution in [2.45, 2.75) is 33.2 Å². The van der Waals surface area contributed by atoms with Crippen LogP contribution in [-0.4, -0.2) is 7.11 Å². The molecule has 1 rings (SSSR count). The lowest BCUT2D eigenvalue weighted by Gasteiger charge is -2.16. The smallest absolute Gasteiger partial charge is 0.122 e. The third-order valence-corrected chi connectivity index (χ3v) is 2.84. The first-order valence-electron chi connectivity index (χ1n) is 5.01. The van der Waals surface area contributed by atoms with Crippen LogP contribution in [0.5, 0.6) is 5.75 Å². The minimum Gasteiger partial charge on any atom is -0.496 e. The van der Waals surface area contributed by atoms with E-state index in [1.165, 1.54) is 16.7 Å². The van der Waals surface area contributed by atoms with Crippen molar-refractivity contribution < 1.29 is 4.74 Å². The molecule has 14 heavy (non-hydrogen) atoms.